The van der Waals surface area contributed by atoms with Gasteiger partial charge in [-0.05, 0) is 18.2 Å². The van der Waals surface area contributed by atoms with Crippen LogP contribution in [-0.4, -0.2) is 26.4 Å². The zero-order valence-corrected chi connectivity index (χ0v) is 13.1. The van der Waals surface area contributed by atoms with E-state index in [1.165, 1.54) is 0 Å². The summed E-state index contributed by atoms with van der Waals surface area (Å²) in [5.41, 5.74) is 3.42. The van der Waals surface area contributed by atoms with E-state index in [1.54, 1.807) is 30.5 Å². The number of nitrogens with one attached hydrogen (secondary N) is 1. The van der Waals surface area contributed by atoms with Crippen molar-refractivity contribution in [3.63, 3.8) is 0 Å². The molecule has 0 aliphatic rings. The number of pyridine rings is 1. The van der Waals surface area contributed by atoms with Gasteiger partial charge in [0, 0.05) is 36.1 Å². The van der Waals surface area contributed by atoms with Crippen LogP contribution in [0.5, 0.6) is 0 Å². The third-order valence-electron chi connectivity index (χ3n) is 3.62. The second kappa shape index (κ2) is 6.84. The van der Waals surface area contributed by atoms with Gasteiger partial charge in [0.05, 0.1) is 23.7 Å². The van der Waals surface area contributed by atoms with Crippen LogP contribution in [0.2, 0.25) is 0 Å². The maximum Gasteiger partial charge on any atom is 0.303 e. The van der Waals surface area contributed by atoms with E-state index in [0.29, 0.717) is 16.9 Å². The summed E-state index contributed by atoms with van der Waals surface area (Å²) in [5, 5.41) is 20.1. The van der Waals surface area contributed by atoms with Gasteiger partial charge >= 0.3 is 5.97 Å². The number of carboxylic acids is 1. The average molecular weight is 334 g/mol. The maximum absolute atomic E-state index is 11.7. The molecule has 2 heterocycles. The van der Waals surface area contributed by atoms with Crippen LogP contribution in [-0.2, 0) is 9.59 Å². The van der Waals surface area contributed by atoms with Gasteiger partial charge in [0.2, 0.25) is 5.91 Å². The number of aromatic nitrogens is 2. The quantitative estimate of drug-likeness (QED) is 0.746. The Morgan fingerprint density at radius 3 is 2.64 bits per heavy atom. The number of hydrogen-bond donors (Lipinski definition) is 2. The largest absolute Gasteiger partial charge is 0.481 e. The normalized spacial score (nSPS) is 10.4. The molecule has 0 atom stereocenters. The first-order chi connectivity index (χ1) is 12.0. The molecule has 3 aromatic rings. The topological polar surface area (TPSA) is 107 Å². The number of anilines is 1. The van der Waals surface area contributed by atoms with E-state index in [-0.39, 0.29) is 18.7 Å². The summed E-state index contributed by atoms with van der Waals surface area (Å²) in [6, 6.07) is 12.6. The van der Waals surface area contributed by atoms with E-state index in [9.17, 15) is 9.59 Å². The van der Waals surface area contributed by atoms with Gasteiger partial charge in [-0.15, -0.1) is 0 Å². The van der Waals surface area contributed by atoms with E-state index in [4.69, 9.17) is 10.4 Å². The van der Waals surface area contributed by atoms with Gasteiger partial charge in [0.15, 0.2) is 0 Å². The SMILES string of the molecule is N#Cc1ccc(-c2cn3ccc(NC(=O)CCC(=O)O)cc3n2)cc1. The van der Waals surface area contributed by atoms with Gasteiger partial charge in [-0.1, -0.05) is 12.1 Å². The molecule has 1 aromatic carbocycles. The van der Waals surface area contributed by atoms with Gasteiger partial charge in [0.25, 0.3) is 0 Å². The van der Waals surface area contributed by atoms with Crippen molar-refractivity contribution in [3.8, 4) is 17.3 Å². The molecule has 2 aromatic heterocycles. The van der Waals surface area contributed by atoms with E-state index >= 15 is 0 Å². The van der Waals surface area contributed by atoms with E-state index in [1.807, 2.05) is 22.7 Å². The highest BCUT2D eigenvalue weighted by atomic mass is 16.4. The standard InChI is InChI=1S/C18H14N4O3/c19-10-12-1-3-13(4-2-12)15-11-22-8-7-14(9-16(22)21-15)20-17(23)5-6-18(24)25/h1-4,7-9,11H,5-6H2,(H,20,23)(H,24,25). The number of nitriles is 1. The van der Waals surface area contributed by atoms with E-state index in [0.717, 1.165) is 11.3 Å². The second-order valence-corrected chi connectivity index (χ2v) is 5.44. The molecule has 2 N–H and O–H groups in total. The number of nitrogens with zero attached hydrogens (tertiary/aromatic N) is 3. The molecule has 0 saturated heterocycles. The summed E-state index contributed by atoms with van der Waals surface area (Å²) in [6.45, 7) is 0. The van der Waals surface area contributed by atoms with Crippen molar-refractivity contribution in [1.82, 2.24) is 9.38 Å². The van der Waals surface area contributed by atoms with Crippen molar-refractivity contribution < 1.29 is 14.7 Å². The summed E-state index contributed by atoms with van der Waals surface area (Å²) < 4.78 is 1.82. The van der Waals surface area contributed by atoms with Gasteiger partial charge in [0.1, 0.15) is 5.65 Å². The Bertz CT molecular complexity index is 984. The van der Waals surface area contributed by atoms with Gasteiger partial charge in [-0.3, -0.25) is 9.59 Å². The van der Waals surface area contributed by atoms with Crippen molar-refractivity contribution in [2.45, 2.75) is 12.8 Å². The summed E-state index contributed by atoms with van der Waals surface area (Å²) in [6.07, 6.45) is 3.33. The highest BCUT2D eigenvalue weighted by Crippen LogP contribution is 2.21. The Morgan fingerprint density at radius 1 is 1.20 bits per heavy atom. The molecule has 0 radical (unpaired) electrons. The van der Waals surface area contributed by atoms with Crippen LogP contribution in [0.3, 0.4) is 0 Å². The molecule has 1 amide bonds. The van der Waals surface area contributed by atoms with Gasteiger partial charge < -0.3 is 14.8 Å². The average Bonchev–Trinajstić information content (AvgIpc) is 3.03. The Morgan fingerprint density at radius 2 is 1.96 bits per heavy atom. The van der Waals surface area contributed by atoms with Crippen molar-refractivity contribution in [3.05, 3.63) is 54.4 Å². The number of hydrogen-bond acceptors (Lipinski definition) is 4. The number of imidazole rings is 1. The highest BCUT2D eigenvalue weighted by molar-refractivity contribution is 5.92. The molecular weight excluding hydrogens is 320 g/mol. The molecular formula is C18H14N4O3. The maximum atomic E-state index is 11.7. The summed E-state index contributed by atoms with van der Waals surface area (Å²) >= 11 is 0. The lowest BCUT2D eigenvalue weighted by atomic mass is 10.1. The lowest BCUT2D eigenvalue weighted by Crippen LogP contribution is -2.13. The Kier molecular flexibility index (Phi) is 4.44. The summed E-state index contributed by atoms with van der Waals surface area (Å²) in [4.78, 5) is 26.7. The number of aliphatic carboxylic acids is 1. The van der Waals surface area contributed by atoms with E-state index < -0.39 is 5.97 Å². The molecule has 0 fully saturated rings. The molecule has 7 nitrogen and oxygen atoms in total. The lowest BCUT2D eigenvalue weighted by molar-refractivity contribution is -0.138. The third-order valence-corrected chi connectivity index (χ3v) is 3.62. The van der Waals surface area contributed by atoms with Crippen LogP contribution in [0.25, 0.3) is 16.9 Å². The number of benzene rings is 1. The monoisotopic (exact) mass is 334 g/mol. The predicted octanol–water partition coefficient (Wildman–Crippen LogP) is 2.68. The molecule has 7 heteroatoms. The van der Waals surface area contributed by atoms with Crippen LogP contribution < -0.4 is 5.32 Å². The number of carbonyl (C=O) groups is 2. The number of rotatable bonds is 5. The van der Waals surface area contributed by atoms with Gasteiger partial charge in [-0.25, -0.2) is 4.98 Å². The summed E-state index contributed by atoms with van der Waals surface area (Å²) in [5.74, 6) is -1.36. The Hall–Kier alpha value is -3.66. The Labute approximate surface area is 143 Å². The fourth-order valence-corrected chi connectivity index (χ4v) is 2.36. The number of carbonyl (C=O) groups excluding carboxylic acids is 1. The molecule has 124 valence electrons. The number of carboxylic acid groups (broad SMARTS) is 1. The first-order valence-corrected chi connectivity index (χ1v) is 7.56. The minimum atomic E-state index is -1.01. The van der Waals surface area contributed by atoms with Crippen molar-refractivity contribution >= 4 is 23.2 Å². The molecule has 0 aliphatic carbocycles. The zero-order valence-electron chi connectivity index (χ0n) is 13.1. The van der Waals surface area contributed by atoms with Crippen LogP contribution in [0.4, 0.5) is 5.69 Å². The summed E-state index contributed by atoms with van der Waals surface area (Å²) in [7, 11) is 0. The number of fused-ring (bicyclic) bond motifs is 1. The second-order valence-electron chi connectivity index (χ2n) is 5.44. The smallest absolute Gasteiger partial charge is 0.303 e. The Balaban J connectivity index is 1.80. The van der Waals surface area contributed by atoms with Crippen LogP contribution in [0, 0.1) is 11.3 Å². The molecule has 0 aliphatic heterocycles. The molecule has 25 heavy (non-hydrogen) atoms. The fraction of sp³-hybridized carbons (Fsp3) is 0.111. The third kappa shape index (κ3) is 3.82. The highest BCUT2D eigenvalue weighted by Gasteiger charge is 2.08. The van der Waals surface area contributed by atoms with Crippen LogP contribution in [0.15, 0.2) is 48.8 Å². The van der Waals surface area contributed by atoms with Crippen LogP contribution in [0.1, 0.15) is 18.4 Å². The predicted molar refractivity (Wildman–Crippen MR) is 90.8 cm³/mol. The van der Waals surface area contributed by atoms with Crippen molar-refractivity contribution in [2.24, 2.45) is 0 Å². The fourth-order valence-electron chi connectivity index (χ4n) is 2.36. The van der Waals surface area contributed by atoms with Crippen molar-refractivity contribution in [2.75, 3.05) is 5.32 Å². The zero-order chi connectivity index (χ0) is 17.8. The minimum Gasteiger partial charge on any atom is -0.481 e. The first kappa shape index (κ1) is 16.2. The lowest BCUT2D eigenvalue weighted by Gasteiger charge is -2.04. The van der Waals surface area contributed by atoms with Gasteiger partial charge in [-0.2, -0.15) is 5.26 Å². The molecule has 3 rings (SSSR count). The van der Waals surface area contributed by atoms with Crippen molar-refractivity contribution in [1.29, 1.82) is 5.26 Å². The number of amides is 1. The molecule has 0 unspecified atom stereocenters. The first-order valence-electron chi connectivity index (χ1n) is 7.56. The van der Waals surface area contributed by atoms with E-state index in [2.05, 4.69) is 16.4 Å². The minimum absolute atomic E-state index is 0.0779. The van der Waals surface area contributed by atoms with Crippen LogP contribution >= 0.6 is 0 Å². The molecule has 0 saturated carbocycles. The molecule has 0 spiro atoms. The molecule has 0 bridgehead atoms.